The first-order valence-electron chi connectivity index (χ1n) is 6.73. The van der Waals surface area contributed by atoms with Crippen LogP contribution in [0.4, 0.5) is 17.3 Å². The first-order chi connectivity index (χ1) is 9.78. The van der Waals surface area contributed by atoms with Crippen LogP contribution in [-0.4, -0.2) is 16.1 Å². The molecule has 2 N–H and O–H groups in total. The Kier molecular flexibility index (Phi) is 5.06. The molecule has 1 aromatic heterocycles. The van der Waals surface area contributed by atoms with Gasteiger partial charge in [-0.05, 0) is 30.7 Å². The Hall–Kier alpha value is -2.43. The second kappa shape index (κ2) is 7.23. The number of benzene rings is 1. The maximum absolute atomic E-state index is 11.6. The fourth-order valence-electron chi connectivity index (χ4n) is 1.68. The van der Waals surface area contributed by atoms with E-state index in [4.69, 9.17) is 0 Å². The van der Waals surface area contributed by atoms with Gasteiger partial charge in [0.2, 0.25) is 5.91 Å². The number of nitrogens with zero attached hydrogens (tertiary/aromatic N) is 2. The summed E-state index contributed by atoms with van der Waals surface area (Å²) in [4.78, 5) is 11.6. The minimum Gasteiger partial charge on any atom is -0.339 e. The highest BCUT2D eigenvalue weighted by Crippen LogP contribution is 2.14. The topological polar surface area (TPSA) is 66.9 Å². The lowest BCUT2D eigenvalue weighted by molar-refractivity contribution is -0.116. The van der Waals surface area contributed by atoms with Crippen molar-refractivity contribution in [3.8, 4) is 0 Å². The van der Waals surface area contributed by atoms with Crippen molar-refractivity contribution in [1.82, 2.24) is 10.2 Å². The molecule has 2 rings (SSSR count). The molecule has 0 spiro atoms. The maximum atomic E-state index is 11.6. The lowest BCUT2D eigenvalue weighted by atomic mass is 10.2. The maximum Gasteiger partial charge on any atom is 0.225 e. The van der Waals surface area contributed by atoms with Crippen LogP contribution in [0.3, 0.4) is 0 Å². The smallest absolute Gasteiger partial charge is 0.225 e. The van der Waals surface area contributed by atoms with E-state index in [1.54, 1.807) is 12.1 Å². The van der Waals surface area contributed by atoms with Crippen LogP contribution >= 0.6 is 0 Å². The van der Waals surface area contributed by atoms with Crippen LogP contribution < -0.4 is 10.6 Å². The van der Waals surface area contributed by atoms with E-state index in [1.807, 2.05) is 30.3 Å². The van der Waals surface area contributed by atoms with Crippen LogP contribution in [-0.2, 0) is 4.79 Å². The highest BCUT2D eigenvalue weighted by Gasteiger charge is 2.03. The SMILES string of the molecule is CCCCC(=O)Nc1ccc(Nc2ccccc2)nn1. The van der Waals surface area contributed by atoms with E-state index >= 15 is 0 Å². The Bertz CT molecular complexity index is 540. The zero-order chi connectivity index (χ0) is 14.2. The van der Waals surface area contributed by atoms with Crippen molar-refractivity contribution in [2.75, 3.05) is 10.6 Å². The minimum atomic E-state index is -0.0232. The summed E-state index contributed by atoms with van der Waals surface area (Å²) >= 11 is 0. The number of hydrogen-bond donors (Lipinski definition) is 2. The Morgan fingerprint density at radius 2 is 1.75 bits per heavy atom. The lowest BCUT2D eigenvalue weighted by Crippen LogP contribution is -2.12. The molecular formula is C15H18N4O. The zero-order valence-corrected chi connectivity index (χ0v) is 11.5. The van der Waals surface area contributed by atoms with Gasteiger partial charge in [0, 0.05) is 12.1 Å². The monoisotopic (exact) mass is 270 g/mol. The molecule has 5 heteroatoms. The largest absolute Gasteiger partial charge is 0.339 e. The summed E-state index contributed by atoms with van der Waals surface area (Å²) in [5.74, 6) is 1.09. The molecule has 0 aliphatic heterocycles. The van der Waals surface area contributed by atoms with Gasteiger partial charge in [-0.3, -0.25) is 4.79 Å². The third-order valence-corrected chi connectivity index (χ3v) is 2.74. The number of anilines is 3. The molecule has 0 saturated heterocycles. The average Bonchev–Trinajstić information content (AvgIpc) is 2.48. The highest BCUT2D eigenvalue weighted by molar-refractivity contribution is 5.89. The van der Waals surface area contributed by atoms with Gasteiger partial charge < -0.3 is 10.6 Å². The number of carbonyl (C=O) groups excluding carboxylic acids is 1. The van der Waals surface area contributed by atoms with Gasteiger partial charge in [-0.25, -0.2) is 0 Å². The van der Waals surface area contributed by atoms with Crippen LogP contribution in [0.15, 0.2) is 42.5 Å². The molecule has 2 aromatic rings. The minimum absolute atomic E-state index is 0.0232. The molecule has 1 heterocycles. The summed E-state index contributed by atoms with van der Waals surface area (Å²) in [6.07, 6.45) is 2.40. The van der Waals surface area contributed by atoms with Gasteiger partial charge in [-0.1, -0.05) is 31.5 Å². The van der Waals surface area contributed by atoms with Crippen molar-refractivity contribution < 1.29 is 4.79 Å². The predicted molar refractivity (Wildman–Crippen MR) is 79.9 cm³/mol. The predicted octanol–water partition coefficient (Wildman–Crippen LogP) is 3.35. The number of para-hydroxylation sites is 1. The number of hydrogen-bond acceptors (Lipinski definition) is 4. The molecule has 0 saturated carbocycles. The standard InChI is InChI=1S/C15H18N4O/c1-2-3-9-15(20)17-14-11-10-13(18-19-14)16-12-7-5-4-6-8-12/h4-8,10-11H,2-3,9H2,1H3,(H,16,18)(H,17,19,20). The molecule has 0 unspecified atom stereocenters. The van der Waals surface area contributed by atoms with E-state index in [2.05, 4.69) is 27.8 Å². The van der Waals surface area contributed by atoms with Crippen molar-refractivity contribution in [1.29, 1.82) is 0 Å². The molecule has 1 amide bonds. The van der Waals surface area contributed by atoms with Crippen molar-refractivity contribution in [2.24, 2.45) is 0 Å². The van der Waals surface area contributed by atoms with E-state index in [9.17, 15) is 4.79 Å². The van der Waals surface area contributed by atoms with Crippen LogP contribution in [0.25, 0.3) is 0 Å². The van der Waals surface area contributed by atoms with Crippen molar-refractivity contribution in [3.05, 3.63) is 42.5 Å². The Labute approximate surface area is 118 Å². The number of aromatic nitrogens is 2. The van der Waals surface area contributed by atoms with Crippen molar-refractivity contribution >= 4 is 23.2 Å². The number of carbonyl (C=O) groups is 1. The van der Waals surface area contributed by atoms with E-state index in [-0.39, 0.29) is 5.91 Å². The summed E-state index contributed by atoms with van der Waals surface area (Å²) in [5, 5.41) is 13.9. The number of rotatable bonds is 6. The summed E-state index contributed by atoms with van der Waals surface area (Å²) in [6.45, 7) is 2.05. The van der Waals surface area contributed by atoms with Crippen LogP contribution in [0.2, 0.25) is 0 Å². The van der Waals surface area contributed by atoms with Gasteiger partial charge in [0.15, 0.2) is 11.6 Å². The highest BCUT2D eigenvalue weighted by atomic mass is 16.1. The summed E-state index contributed by atoms with van der Waals surface area (Å²) in [5.41, 5.74) is 0.946. The second-order valence-electron chi connectivity index (χ2n) is 4.45. The third kappa shape index (κ3) is 4.35. The third-order valence-electron chi connectivity index (χ3n) is 2.74. The number of unbranched alkanes of at least 4 members (excludes halogenated alkanes) is 1. The van der Waals surface area contributed by atoms with E-state index in [0.717, 1.165) is 18.5 Å². The molecule has 0 atom stereocenters. The van der Waals surface area contributed by atoms with Gasteiger partial charge in [0.1, 0.15) is 0 Å². The Balaban J connectivity index is 1.91. The van der Waals surface area contributed by atoms with Crippen LogP contribution in [0.1, 0.15) is 26.2 Å². The second-order valence-corrected chi connectivity index (χ2v) is 4.45. The Morgan fingerprint density at radius 3 is 2.40 bits per heavy atom. The van der Waals surface area contributed by atoms with Gasteiger partial charge in [-0.2, -0.15) is 0 Å². The first kappa shape index (κ1) is 14.0. The zero-order valence-electron chi connectivity index (χ0n) is 11.5. The molecule has 1 aromatic carbocycles. The molecule has 0 fully saturated rings. The molecule has 5 nitrogen and oxygen atoms in total. The number of amides is 1. The quantitative estimate of drug-likeness (QED) is 0.844. The fourth-order valence-corrected chi connectivity index (χ4v) is 1.68. The average molecular weight is 270 g/mol. The van der Waals surface area contributed by atoms with Crippen LogP contribution in [0.5, 0.6) is 0 Å². The van der Waals surface area contributed by atoms with Crippen molar-refractivity contribution in [2.45, 2.75) is 26.2 Å². The molecule has 0 aliphatic rings. The molecule has 0 radical (unpaired) electrons. The van der Waals surface area contributed by atoms with Gasteiger partial charge >= 0.3 is 0 Å². The summed E-state index contributed by atoms with van der Waals surface area (Å²) in [7, 11) is 0. The van der Waals surface area contributed by atoms with E-state index in [1.165, 1.54) is 0 Å². The lowest BCUT2D eigenvalue weighted by Gasteiger charge is -2.06. The van der Waals surface area contributed by atoms with Crippen molar-refractivity contribution in [3.63, 3.8) is 0 Å². The van der Waals surface area contributed by atoms with Gasteiger partial charge in [0.05, 0.1) is 0 Å². The fraction of sp³-hybridized carbons (Fsp3) is 0.267. The normalized spacial score (nSPS) is 10.1. The Morgan fingerprint density at radius 1 is 1.05 bits per heavy atom. The van der Waals surface area contributed by atoms with E-state index in [0.29, 0.717) is 18.1 Å². The van der Waals surface area contributed by atoms with Gasteiger partial charge in [0.25, 0.3) is 0 Å². The molecule has 104 valence electrons. The summed E-state index contributed by atoms with van der Waals surface area (Å²) in [6, 6.07) is 13.3. The molecule has 0 bridgehead atoms. The molecule has 20 heavy (non-hydrogen) atoms. The van der Waals surface area contributed by atoms with Crippen LogP contribution in [0, 0.1) is 0 Å². The van der Waals surface area contributed by atoms with Gasteiger partial charge in [-0.15, -0.1) is 10.2 Å². The first-order valence-corrected chi connectivity index (χ1v) is 6.73. The summed E-state index contributed by atoms with van der Waals surface area (Å²) < 4.78 is 0. The molecular weight excluding hydrogens is 252 g/mol. The molecule has 0 aliphatic carbocycles. The number of nitrogens with one attached hydrogen (secondary N) is 2. The van der Waals surface area contributed by atoms with E-state index < -0.39 is 0 Å².